The summed E-state index contributed by atoms with van der Waals surface area (Å²) in [6.45, 7) is 2.02. The lowest BCUT2D eigenvalue weighted by Gasteiger charge is -2.08. The Labute approximate surface area is 83.3 Å². The summed E-state index contributed by atoms with van der Waals surface area (Å²) in [5.74, 6) is 0.425. The standard InChI is InChI=1S/C11H14O3/c1-3-4-8-5-10(13)11(14-2)6-9(8)7-12/h5-7,13H,3-4H2,1-2H3. The number of aryl methyl sites for hydroxylation is 1. The second kappa shape index (κ2) is 4.65. The lowest BCUT2D eigenvalue weighted by molar-refractivity contribution is 0.112. The second-order valence-corrected chi connectivity index (χ2v) is 3.09. The Morgan fingerprint density at radius 2 is 2.21 bits per heavy atom. The predicted molar refractivity (Wildman–Crippen MR) is 54.0 cm³/mol. The van der Waals surface area contributed by atoms with Crippen molar-refractivity contribution < 1.29 is 14.6 Å². The number of rotatable bonds is 4. The summed E-state index contributed by atoms with van der Waals surface area (Å²) in [7, 11) is 1.46. The normalized spacial score (nSPS) is 9.86. The van der Waals surface area contributed by atoms with Gasteiger partial charge in [0.15, 0.2) is 11.5 Å². The van der Waals surface area contributed by atoms with E-state index in [0.717, 1.165) is 24.7 Å². The van der Waals surface area contributed by atoms with Gasteiger partial charge in [0, 0.05) is 5.56 Å². The Kier molecular flexibility index (Phi) is 3.51. The van der Waals surface area contributed by atoms with E-state index in [1.54, 1.807) is 12.1 Å². The molecule has 14 heavy (non-hydrogen) atoms. The van der Waals surface area contributed by atoms with E-state index in [1.165, 1.54) is 7.11 Å². The molecule has 76 valence electrons. The second-order valence-electron chi connectivity index (χ2n) is 3.09. The molecule has 1 N–H and O–H groups in total. The van der Waals surface area contributed by atoms with Gasteiger partial charge < -0.3 is 9.84 Å². The number of carbonyl (C=O) groups excluding carboxylic acids is 1. The molecule has 0 heterocycles. The van der Waals surface area contributed by atoms with E-state index in [9.17, 15) is 9.90 Å². The molecule has 0 aromatic heterocycles. The Balaban J connectivity index is 3.16. The van der Waals surface area contributed by atoms with E-state index in [2.05, 4.69) is 0 Å². The van der Waals surface area contributed by atoms with Crippen LogP contribution in [0.15, 0.2) is 12.1 Å². The summed E-state index contributed by atoms with van der Waals surface area (Å²) >= 11 is 0. The van der Waals surface area contributed by atoms with Crippen molar-refractivity contribution in [3.05, 3.63) is 23.3 Å². The molecule has 0 aliphatic carbocycles. The summed E-state index contributed by atoms with van der Waals surface area (Å²) in [5.41, 5.74) is 1.45. The summed E-state index contributed by atoms with van der Waals surface area (Å²) in [6.07, 6.45) is 2.51. The molecule has 1 aromatic carbocycles. The maximum atomic E-state index is 10.7. The first-order chi connectivity index (χ1) is 6.72. The molecule has 0 atom stereocenters. The quantitative estimate of drug-likeness (QED) is 0.747. The van der Waals surface area contributed by atoms with Gasteiger partial charge in [0.25, 0.3) is 0 Å². The highest BCUT2D eigenvalue weighted by Crippen LogP contribution is 2.29. The highest BCUT2D eigenvalue weighted by atomic mass is 16.5. The number of ether oxygens (including phenoxy) is 1. The molecule has 0 saturated carbocycles. The number of phenolic OH excluding ortho intramolecular Hbond substituents is 1. The summed E-state index contributed by atoms with van der Waals surface area (Å²) in [6, 6.07) is 3.15. The number of aldehydes is 1. The molecule has 1 aromatic rings. The van der Waals surface area contributed by atoms with Crippen LogP contribution in [0.4, 0.5) is 0 Å². The monoisotopic (exact) mass is 194 g/mol. The van der Waals surface area contributed by atoms with Crippen molar-refractivity contribution in [1.82, 2.24) is 0 Å². The van der Waals surface area contributed by atoms with Gasteiger partial charge in [-0.15, -0.1) is 0 Å². The first kappa shape index (κ1) is 10.6. The number of phenols is 1. The van der Waals surface area contributed by atoms with Crippen molar-refractivity contribution in [1.29, 1.82) is 0 Å². The topological polar surface area (TPSA) is 46.5 Å². The third kappa shape index (κ3) is 2.05. The average molecular weight is 194 g/mol. The lowest BCUT2D eigenvalue weighted by atomic mass is 10.0. The maximum absolute atomic E-state index is 10.7. The first-order valence-corrected chi connectivity index (χ1v) is 4.58. The predicted octanol–water partition coefficient (Wildman–Crippen LogP) is 2.17. The molecular weight excluding hydrogens is 180 g/mol. The molecule has 1 rings (SSSR count). The molecule has 0 fully saturated rings. The molecule has 0 spiro atoms. The average Bonchev–Trinajstić information content (AvgIpc) is 2.19. The zero-order valence-corrected chi connectivity index (χ0v) is 8.41. The van der Waals surface area contributed by atoms with Crippen LogP contribution in [0.2, 0.25) is 0 Å². The molecule has 0 amide bonds. The van der Waals surface area contributed by atoms with Crippen LogP contribution in [0.3, 0.4) is 0 Å². The molecule has 3 heteroatoms. The van der Waals surface area contributed by atoms with Crippen molar-refractivity contribution in [3.63, 3.8) is 0 Å². The Morgan fingerprint density at radius 1 is 1.50 bits per heavy atom. The van der Waals surface area contributed by atoms with Gasteiger partial charge in [0.1, 0.15) is 6.29 Å². The molecule has 3 nitrogen and oxygen atoms in total. The van der Waals surface area contributed by atoms with Crippen LogP contribution in [0.25, 0.3) is 0 Å². The summed E-state index contributed by atoms with van der Waals surface area (Å²) in [5, 5.41) is 9.50. The molecule has 0 aliphatic rings. The molecule has 0 bridgehead atoms. The SMILES string of the molecule is CCCc1cc(O)c(OC)cc1C=O. The van der Waals surface area contributed by atoms with Gasteiger partial charge in [-0.25, -0.2) is 0 Å². The number of aromatic hydroxyl groups is 1. The van der Waals surface area contributed by atoms with Crippen molar-refractivity contribution in [3.8, 4) is 11.5 Å². The smallest absolute Gasteiger partial charge is 0.161 e. The third-order valence-corrected chi connectivity index (χ3v) is 2.09. The van der Waals surface area contributed by atoms with Gasteiger partial charge in [0.05, 0.1) is 7.11 Å². The molecule has 0 aliphatic heterocycles. The number of carbonyl (C=O) groups is 1. The molecule has 0 unspecified atom stereocenters. The van der Waals surface area contributed by atoms with Gasteiger partial charge in [0.2, 0.25) is 0 Å². The molecule has 0 radical (unpaired) electrons. The van der Waals surface area contributed by atoms with Crippen LogP contribution < -0.4 is 4.74 Å². The third-order valence-electron chi connectivity index (χ3n) is 2.09. The van der Waals surface area contributed by atoms with E-state index in [-0.39, 0.29) is 5.75 Å². The molecular formula is C11H14O3. The lowest BCUT2D eigenvalue weighted by Crippen LogP contribution is -1.94. The van der Waals surface area contributed by atoms with Crippen LogP contribution >= 0.6 is 0 Å². The first-order valence-electron chi connectivity index (χ1n) is 4.58. The number of methoxy groups -OCH3 is 1. The number of hydrogen-bond donors (Lipinski definition) is 1. The number of benzene rings is 1. The minimum atomic E-state index is 0.0848. The summed E-state index contributed by atoms with van der Waals surface area (Å²) < 4.78 is 4.91. The van der Waals surface area contributed by atoms with E-state index in [0.29, 0.717) is 11.3 Å². The van der Waals surface area contributed by atoms with Crippen molar-refractivity contribution in [2.75, 3.05) is 7.11 Å². The van der Waals surface area contributed by atoms with Crippen LogP contribution in [-0.4, -0.2) is 18.5 Å². The van der Waals surface area contributed by atoms with Gasteiger partial charge in [-0.05, 0) is 24.1 Å². The zero-order chi connectivity index (χ0) is 10.6. The van der Waals surface area contributed by atoms with Crippen molar-refractivity contribution >= 4 is 6.29 Å². The summed E-state index contributed by atoms with van der Waals surface area (Å²) in [4.78, 5) is 10.7. The van der Waals surface area contributed by atoms with Gasteiger partial charge in [-0.3, -0.25) is 4.79 Å². The van der Waals surface area contributed by atoms with Crippen molar-refractivity contribution in [2.24, 2.45) is 0 Å². The van der Waals surface area contributed by atoms with E-state index in [1.807, 2.05) is 6.92 Å². The van der Waals surface area contributed by atoms with E-state index < -0.39 is 0 Å². The van der Waals surface area contributed by atoms with Crippen LogP contribution in [0.1, 0.15) is 29.3 Å². The highest BCUT2D eigenvalue weighted by Gasteiger charge is 2.08. The Bertz CT molecular complexity index is 332. The molecule has 0 saturated heterocycles. The Hall–Kier alpha value is -1.51. The van der Waals surface area contributed by atoms with Crippen LogP contribution in [0.5, 0.6) is 11.5 Å². The van der Waals surface area contributed by atoms with Gasteiger partial charge >= 0.3 is 0 Å². The fourth-order valence-corrected chi connectivity index (χ4v) is 1.39. The van der Waals surface area contributed by atoms with Crippen molar-refractivity contribution in [2.45, 2.75) is 19.8 Å². The van der Waals surface area contributed by atoms with E-state index in [4.69, 9.17) is 4.74 Å². The number of hydrogen-bond acceptors (Lipinski definition) is 3. The van der Waals surface area contributed by atoms with Crippen LogP contribution in [-0.2, 0) is 6.42 Å². The fourth-order valence-electron chi connectivity index (χ4n) is 1.39. The van der Waals surface area contributed by atoms with Gasteiger partial charge in [-0.2, -0.15) is 0 Å². The van der Waals surface area contributed by atoms with Gasteiger partial charge in [-0.1, -0.05) is 13.3 Å². The fraction of sp³-hybridized carbons (Fsp3) is 0.364. The largest absolute Gasteiger partial charge is 0.504 e. The maximum Gasteiger partial charge on any atom is 0.161 e. The van der Waals surface area contributed by atoms with E-state index >= 15 is 0 Å². The Morgan fingerprint density at radius 3 is 2.71 bits per heavy atom. The van der Waals surface area contributed by atoms with Crippen LogP contribution in [0, 0.1) is 0 Å². The minimum Gasteiger partial charge on any atom is -0.504 e. The minimum absolute atomic E-state index is 0.0848. The zero-order valence-electron chi connectivity index (χ0n) is 8.41. The highest BCUT2D eigenvalue weighted by molar-refractivity contribution is 5.79.